The fraction of sp³-hybridized carbons (Fsp3) is 0.267. The van der Waals surface area contributed by atoms with Crippen LogP contribution in [0.15, 0.2) is 27.1 Å². The van der Waals surface area contributed by atoms with Gasteiger partial charge in [-0.2, -0.15) is 0 Å². The Kier molecular flexibility index (Phi) is 5.36. The molecule has 0 aliphatic carbocycles. The molecule has 2 aromatic rings. The molecule has 0 saturated carbocycles. The van der Waals surface area contributed by atoms with E-state index in [1.165, 1.54) is 0 Å². The molecule has 1 heterocycles. The Bertz CT molecular complexity index is 662. The number of carbonyl (C=O) groups excluding carboxylic acids is 1. The lowest BCUT2D eigenvalue weighted by Crippen LogP contribution is -2.26. The second kappa shape index (κ2) is 6.86. The summed E-state index contributed by atoms with van der Waals surface area (Å²) in [6.07, 6.45) is 0.652. The summed E-state index contributed by atoms with van der Waals surface area (Å²) in [5.41, 5.74) is 1.52. The van der Waals surface area contributed by atoms with E-state index in [9.17, 15) is 4.79 Å². The SMILES string of the molecule is Cc1oc(C)c(C(=O)NCCc2cc(Cl)cc(Cl)c2)c1Br. The number of amides is 1. The van der Waals surface area contributed by atoms with Gasteiger partial charge in [-0.05, 0) is 60.0 Å². The fourth-order valence-corrected chi connectivity index (χ4v) is 3.19. The van der Waals surface area contributed by atoms with Crippen LogP contribution in [0, 0.1) is 13.8 Å². The maximum atomic E-state index is 12.2. The summed E-state index contributed by atoms with van der Waals surface area (Å²) >= 11 is 15.3. The number of rotatable bonds is 4. The van der Waals surface area contributed by atoms with E-state index in [1.54, 1.807) is 13.0 Å². The lowest BCUT2D eigenvalue weighted by Gasteiger charge is -2.06. The van der Waals surface area contributed by atoms with Crippen LogP contribution >= 0.6 is 39.1 Å². The van der Waals surface area contributed by atoms with Gasteiger partial charge in [0.05, 0.1) is 10.0 Å². The van der Waals surface area contributed by atoms with Crippen LogP contribution in [-0.2, 0) is 6.42 Å². The summed E-state index contributed by atoms with van der Waals surface area (Å²) in [5.74, 6) is 1.13. The first-order valence-electron chi connectivity index (χ1n) is 6.37. The molecular weight excluding hydrogens is 377 g/mol. The zero-order valence-corrected chi connectivity index (χ0v) is 14.7. The Morgan fingerprint density at radius 1 is 1.19 bits per heavy atom. The molecule has 0 saturated heterocycles. The van der Waals surface area contributed by atoms with Crippen LogP contribution in [-0.4, -0.2) is 12.5 Å². The van der Waals surface area contributed by atoms with Gasteiger partial charge in [-0.15, -0.1) is 0 Å². The van der Waals surface area contributed by atoms with Crippen LogP contribution in [0.4, 0.5) is 0 Å². The smallest absolute Gasteiger partial charge is 0.256 e. The van der Waals surface area contributed by atoms with Crippen LogP contribution in [0.2, 0.25) is 10.0 Å². The third-order valence-corrected chi connectivity index (χ3v) is 4.43. The number of halogens is 3. The topological polar surface area (TPSA) is 42.2 Å². The number of carbonyl (C=O) groups is 1. The van der Waals surface area contributed by atoms with E-state index in [0.717, 1.165) is 5.56 Å². The molecule has 1 amide bonds. The minimum atomic E-state index is -0.163. The average molecular weight is 391 g/mol. The van der Waals surface area contributed by atoms with Crippen molar-refractivity contribution in [3.05, 3.63) is 55.4 Å². The predicted octanol–water partition coefficient (Wildman–Crippen LogP) is 4.94. The molecule has 2 rings (SSSR count). The highest BCUT2D eigenvalue weighted by atomic mass is 79.9. The van der Waals surface area contributed by atoms with Gasteiger partial charge in [0.2, 0.25) is 0 Å². The van der Waals surface area contributed by atoms with Crippen molar-refractivity contribution in [2.45, 2.75) is 20.3 Å². The Hall–Kier alpha value is -0.970. The second-order valence-corrected chi connectivity index (χ2v) is 6.35. The van der Waals surface area contributed by atoms with Crippen molar-refractivity contribution in [2.75, 3.05) is 6.54 Å². The van der Waals surface area contributed by atoms with E-state index in [4.69, 9.17) is 27.6 Å². The molecule has 0 fully saturated rings. The third kappa shape index (κ3) is 4.02. The van der Waals surface area contributed by atoms with Crippen molar-refractivity contribution in [2.24, 2.45) is 0 Å². The van der Waals surface area contributed by atoms with Gasteiger partial charge >= 0.3 is 0 Å². The van der Waals surface area contributed by atoms with E-state index in [1.807, 2.05) is 19.1 Å². The van der Waals surface area contributed by atoms with E-state index < -0.39 is 0 Å². The Balaban J connectivity index is 1.98. The molecule has 0 radical (unpaired) electrons. The molecule has 3 nitrogen and oxygen atoms in total. The number of nitrogens with one attached hydrogen (secondary N) is 1. The molecule has 0 bridgehead atoms. The average Bonchev–Trinajstić information content (AvgIpc) is 2.62. The molecule has 6 heteroatoms. The van der Waals surface area contributed by atoms with Crippen molar-refractivity contribution in [3.8, 4) is 0 Å². The molecule has 0 aliphatic rings. The molecule has 0 spiro atoms. The van der Waals surface area contributed by atoms with E-state index in [-0.39, 0.29) is 5.91 Å². The number of aryl methyl sites for hydroxylation is 2. The van der Waals surface area contributed by atoms with Gasteiger partial charge in [0, 0.05) is 16.6 Å². The lowest BCUT2D eigenvalue weighted by molar-refractivity contribution is 0.0952. The quantitative estimate of drug-likeness (QED) is 0.803. The summed E-state index contributed by atoms with van der Waals surface area (Å²) in [6.45, 7) is 4.07. The lowest BCUT2D eigenvalue weighted by atomic mass is 10.1. The number of benzene rings is 1. The zero-order valence-electron chi connectivity index (χ0n) is 11.6. The second-order valence-electron chi connectivity index (χ2n) is 4.69. The molecule has 0 aliphatic heterocycles. The van der Waals surface area contributed by atoms with Crippen molar-refractivity contribution < 1.29 is 9.21 Å². The Morgan fingerprint density at radius 2 is 1.81 bits per heavy atom. The van der Waals surface area contributed by atoms with Crippen LogP contribution in [0.5, 0.6) is 0 Å². The van der Waals surface area contributed by atoms with Crippen molar-refractivity contribution >= 4 is 45.0 Å². The van der Waals surface area contributed by atoms with Gasteiger partial charge in [0.25, 0.3) is 5.91 Å². The highest BCUT2D eigenvalue weighted by Crippen LogP contribution is 2.27. The van der Waals surface area contributed by atoms with Gasteiger partial charge in [0.1, 0.15) is 11.5 Å². The summed E-state index contributed by atoms with van der Waals surface area (Å²) in [5, 5.41) is 4.05. The number of furan rings is 1. The Morgan fingerprint density at radius 3 is 2.33 bits per heavy atom. The molecule has 1 aromatic carbocycles. The van der Waals surface area contributed by atoms with E-state index in [2.05, 4.69) is 21.2 Å². The van der Waals surface area contributed by atoms with Gasteiger partial charge in [-0.3, -0.25) is 4.79 Å². The third-order valence-electron chi connectivity index (χ3n) is 3.04. The standard InChI is InChI=1S/C15H14BrCl2NO2/c1-8-13(14(16)9(2)21-8)15(20)19-4-3-10-5-11(17)7-12(18)6-10/h5-7H,3-4H2,1-2H3,(H,19,20). The first-order chi connectivity index (χ1) is 9.88. The fourth-order valence-electron chi connectivity index (χ4n) is 2.08. The predicted molar refractivity (Wildman–Crippen MR) is 88.4 cm³/mol. The highest BCUT2D eigenvalue weighted by Gasteiger charge is 2.19. The van der Waals surface area contributed by atoms with Crippen LogP contribution < -0.4 is 5.32 Å². The summed E-state index contributed by atoms with van der Waals surface area (Å²) < 4.78 is 6.12. The molecule has 0 atom stereocenters. The van der Waals surface area contributed by atoms with Crippen molar-refractivity contribution in [1.82, 2.24) is 5.32 Å². The van der Waals surface area contributed by atoms with Crippen LogP contribution in [0.25, 0.3) is 0 Å². The largest absolute Gasteiger partial charge is 0.465 e. The molecule has 1 N–H and O–H groups in total. The van der Waals surface area contributed by atoms with Crippen LogP contribution in [0.3, 0.4) is 0 Å². The Labute approximate surface area is 141 Å². The van der Waals surface area contributed by atoms with Gasteiger partial charge < -0.3 is 9.73 Å². The van der Waals surface area contributed by atoms with Crippen LogP contribution in [0.1, 0.15) is 27.4 Å². The molecule has 1 aromatic heterocycles. The van der Waals surface area contributed by atoms with Gasteiger partial charge in [0.15, 0.2) is 0 Å². The zero-order chi connectivity index (χ0) is 15.6. The molecule has 0 unspecified atom stereocenters. The molecule has 112 valence electrons. The summed E-state index contributed by atoms with van der Waals surface area (Å²) in [6, 6.07) is 5.35. The first-order valence-corrected chi connectivity index (χ1v) is 7.92. The maximum Gasteiger partial charge on any atom is 0.256 e. The molecular formula is C15H14BrCl2NO2. The van der Waals surface area contributed by atoms with E-state index >= 15 is 0 Å². The molecule has 21 heavy (non-hydrogen) atoms. The van der Waals surface area contributed by atoms with E-state index in [0.29, 0.717) is 44.6 Å². The minimum absolute atomic E-state index is 0.163. The normalized spacial score (nSPS) is 10.7. The maximum absolute atomic E-state index is 12.2. The van der Waals surface area contributed by atoms with Gasteiger partial charge in [-0.1, -0.05) is 23.2 Å². The van der Waals surface area contributed by atoms with Crippen molar-refractivity contribution in [1.29, 1.82) is 0 Å². The minimum Gasteiger partial charge on any atom is -0.465 e. The van der Waals surface area contributed by atoms with Crippen molar-refractivity contribution in [3.63, 3.8) is 0 Å². The monoisotopic (exact) mass is 389 g/mol. The summed E-state index contributed by atoms with van der Waals surface area (Å²) in [7, 11) is 0. The number of hydrogen-bond acceptors (Lipinski definition) is 2. The first kappa shape index (κ1) is 16.4. The summed E-state index contributed by atoms with van der Waals surface area (Å²) in [4.78, 5) is 12.2. The van der Waals surface area contributed by atoms with Gasteiger partial charge in [-0.25, -0.2) is 0 Å². The number of hydrogen-bond donors (Lipinski definition) is 1. The highest BCUT2D eigenvalue weighted by molar-refractivity contribution is 9.10.